The quantitative estimate of drug-likeness (QED) is 0.473. The maximum absolute atomic E-state index is 3.82. The zero-order chi connectivity index (χ0) is 20.2. The van der Waals surface area contributed by atoms with Crippen LogP contribution in [0, 0.1) is 20.8 Å². The van der Waals surface area contributed by atoms with Gasteiger partial charge >= 0.3 is 0 Å². The van der Waals surface area contributed by atoms with E-state index in [0.29, 0.717) is 12.0 Å². The molecule has 0 spiro atoms. The largest absolute Gasteiger partial charge is 0.382 e. The molecule has 2 heteroatoms. The summed E-state index contributed by atoms with van der Waals surface area (Å²) in [6.45, 7) is 16.1. The first-order valence-electron chi connectivity index (χ1n) is 10.5. The normalized spacial score (nSPS) is 19.7. The molecule has 0 amide bonds. The number of fused-ring (bicyclic) bond motifs is 2. The van der Waals surface area contributed by atoms with Crippen LogP contribution in [0.1, 0.15) is 72.7 Å². The van der Waals surface area contributed by atoms with Crippen LogP contribution in [-0.2, 0) is 11.8 Å². The van der Waals surface area contributed by atoms with Gasteiger partial charge in [-0.25, -0.2) is 0 Å². The van der Waals surface area contributed by atoms with Crippen molar-refractivity contribution in [3.63, 3.8) is 0 Å². The van der Waals surface area contributed by atoms with E-state index in [9.17, 15) is 0 Å². The Balaban J connectivity index is 1.62. The summed E-state index contributed by atoms with van der Waals surface area (Å²) in [4.78, 5) is 1.46. The molecule has 1 heterocycles. The second-order valence-electron chi connectivity index (χ2n) is 9.74. The van der Waals surface area contributed by atoms with Crippen molar-refractivity contribution in [3.05, 3.63) is 63.0 Å². The first kappa shape index (κ1) is 19.5. The molecule has 0 saturated carbocycles. The van der Waals surface area contributed by atoms with Crippen LogP contribution in [0.4, 0.5) is 5.69 Å². The zero-order valence-corrected chi connectivity index (χ0v) is 19.2. The van der Waals surface area contributed by atoms with Gasteiger partial charge < -0.3 is 5.32 Å². The molecule has 3 aromatic rings. The fraction of sp³-hybridized carbons (Fsp3) is 0.462. The van der Waals surface area contributed by atoms with Crippen LogP contribution in [0.3, 0.4) is 0 Å². The number of benzene rings is 2. The lowest BCUT2D eigenvalue weighted by molar-refractivity contribution is 0.537. The van der Waals surface area contributed by atoms with Crippen LogP contribution < -0.4 is 5.32 Å². The lowest BCUT2D eigenvalue weighted by Crippen LogP contribution is -2.29. The highest BCUT2D eigenvalue weighted by molar-refractivity contribution is 7.19. The summed E-state index contributed by atoms with van der Waals surface area (Å²) in [6, 6.07) is 12.0. The van der Waals surface area contributed by atoms with E-state index in [1.54, 1.807) is 11.1 Å². The minimum atomic E-state index is 0.205. The Morgan fingerprint density at radius 1 is 1.00 bits per heavy atom. The van der Waals surface area contributed by atoms with Crippen LogP contribution in [0.25, 0.3) is 10.1 Å². The zero-order valence-electron chi connectivity index (χ0n) is 18.4. The summed E-state index contributed by atoms with van der Waals surface area (Å²) in [6.07, 6.45) is 2.32. The van der Waals surface area contributed by atoms with E-state index in [-0.39, 0.29) is 5.41 Å². The Morgan fingerprint density at radius 2 is 1.68 bits per heavy atom. The molecule has 1 N–H and O–H groups in total. The molecule has 1 aliphatic rings. The number of thiophene rings is 1. The van der Waals surface area contributed by atoms with Crippen LogP contribution in [0.5, 0.6) is 0 Å². The van der Waals surface area contributed by atoms with Crippen molar-refractivity contribution in [1.29, 1.82) is 0 Å². The maximum atomic E-state index is 3.82. The van der Waals surface area contributed by atoms with Gasteiger partial charge in [0.05, 0.1) is 0 Å². The predicted octanol–water partition coefficient (Wildman–Crippen LogP) is 7.65. The van der Waals surface area contributed by atoms with Crippen LogP contribution in [-0.4, -0.2) is 6.04 Å². The fourth-order valence-corrected chi connectivity index (χ4v) is 6.19. The number of aryl methyl sites for hydroxylation is 3. The average molecular weight is 392 g/mol. The lowest BCUT2D eigenvalue weighted by Gasteiger charge is -2.32. The molecule has 0 bridgehead atoms. The van der Waals surface area contributed by atoms with Gasteiger partial charge in [0, 0.05) is 21.3 Å². The van der Waals surface area contributed by atoms with E-state index in [4.69, 9.17) is 0 Å². The molecule has 0 radical (unpaired) electrons. The molecule has 0 saturated heterocycles. The van der Waals surface area contributed by atoms with Crippen molar-refractivity contribution in [2.75, 3.05) is 5.32 Å². The van der Waals surface area contributed by atoms with Crippen LogP contribution in [0.15, 0.2) is 30.3 Å². The van der Waals surface area contributed by atoms with Gasteiger partial charge in [-0.1, -0.05) is 39.8 Å². The molecule has 1 aromatic heterocycles. The second kappa shape index (κ2) is 6.91. The summed E-state index contributed by atoms with van der Waals surface area (Å²) in [7, 11) is 0. The third-order valence-electron chi connectivity index (χ3n) is 6.56. The molecule has 0 fully saturated rings. The number of nitrogens with one attached hydrogen (secondary N) is 1. The third-order valence-corrected chi connectivity index (χ3v) is 7.72. The standard InChI is InChI=1S/C26H33NS/c1-15-12-22(27-21-10-8-20(9-11-21)26(5,6)7)13-19-14-23-25(17(3)24(15)19)16(2)18(4)28-23/h8-11,14-15,22,27H,12-13H2,1-7H3. The third kappa shape index (κ3) is 3.37. The van der Waals surface area contributed by atoms with Crippen molar-refractivity contribution >= 4 is 27.1 Å². The summed E-state index contributed by atoms with van der Waals surface area (Å²) in [5.41, 5.74) is 9.00. The molecule has 2 unspecified atom stereocenters. The molecular weight excluding hydrogens is 358 g/mol. The maximum Gasteiger partial charge on any atom is 0.0353 e. The highest BCUT2D eigenvalue weighted by Crippen LogP contribution is 2.42. The van der Waals surface area contributed by atoms with Gasteiger partial charge in [-0.2, -0.15) is 0 Å². The highest BCUT2D eigenvalue weighted by Gasteiger charge is 2.27. The number of anilines is 1. The van der Waals surface area contributed by atoms with Crippen molar-refractivity contribution in [2.45, 2.75) is 78.7 Å². The monoisotopic (exact) mass is 391 g/mol. The number of hydrogen-bond donors (Lipinski definition) is 1. The molecule has 0 aliphatic heterocycles. The van der Waals surface area contributed by atoms with Crippen molar-refractivity contribution in [2.24, 2.45) is 0 Å². The molecule has 2 atom stereocenters. The first-order chi connectivity index (χ1) is 13.1. The molecule has 1 nitrogen and oxygen atoms in total. The second-order valence-corrected chi connectivity index (χ2v) is 11.0. The molecule has 2 aromatic carbocycles. The van der Waals surface area contributed by atoms with Gasteiger partial charge in [0.1, 0.15) is 0 Å². The van der Waals surface area contributed by atoms with Crippen molar-refractivity contribution in [3.8, 4) is 0 Å². The van der Waals surface area contributed by atoms with E-state index < -0.39 is 0 Å². The lowest BCUT2D eigenvalue weighted by atomic mass is 9.78. The van der Waals surface area contributed by atoms with Gasteiger partial charge in [0.15, 0.2) is 0 Å². The predicted molar refractivity (Wildman–Crippen MR) is 125 cm³/mol. The summed E-state index contributed by atoms with van der Waals surface area (Å²) < 4.78 is 1.47. The van der Waals surface area contributed by atoms with E-state index >= 15 is 0 Å². The van der Waals surface area contributed by atoms with E-state index in [1.807, 2.05) is 11.3 Å². The Kier molecular flexibility index (Phi) is 4.82. The molecule has 1 aliphatic carbocycles. The Hall–Kier alpha value is -1.80. The average Bonchev–Trinajstić information content (AvgIpc) is 2.88. The Morgan fingerprint density at radius 3 is 2.32 bits per heavy atom. The molecular formula is C26H33NS. The van der Waals surface area contributed by atoms with Gasteiger partial charge in [-0.05, 0) is 96.3 Å². The molecule has 4 rings (SSSR count). The van der Waals surface area contributed by atoms with Crippen molar-refractivity contribution < 1.29 is 0 Å². The van der Waals surface area contributed by atoms with Crippen molar-refractivity contribution in [1.82, 2.24) is 0 Å². The minimum Gasteiger partial charge on any atom is -0.382 e. The van der Waals surface area contributed by atoms with Crippen LogP contribution in [0.2, 0.25) is 0 Å². The topological polar surface area (TPSA) is 12.0 Å². The molecule has 148 valence electrons. The number of rotatable bonds is 2. The van der Waals surface area contributed by atoms with Crippen LogP contribution >= 0.6 is 11.3 Å². The smallest absolute Gasteiger partial charge is 0.0353 e. The first-order valence-corrected chi connectivity index (χ1v) is 11.4. The van der Waals surface area contributed by atoms with Gasteiger partial charge in [0.25, 0.3) is 0 Å². The van der Waals surface area contributed by atoms with Gasteiger partial charge in [-0.3, -0.25) is 0 Å². The number of hydrogen-bond acceptors (Lipinski definition) is 2. The van der Waals surface area contributed by atoms with E-state index in [1.165, 1.54) is 43.8 Å². The Bertz CT molecular complexity index is 1020. The summed E-state index contributed by atoms with van der Waals surface area (Å²) in [5.74, 6) is 0.596. The summed E-state index contributed by atoms with van der Waals surface area (Å²) in [5, 5.41) is 5.33. The summed E-state index contributed by atoms with van der Waals surface area (Å²) >= 11 is 1.96. The van der Waals surface area contributed by atoms with E-state index in [2.05, 4.69) is 84.1 Å². The van der Waals surface area contributed by atoms with Gasteiger partial charge in [-0.15, -0.1) is 11.3 Å². The fourth-order valence-electron chi connectivity index (χ4n) is 4.99. The van der Waals surface area contributed by atoms with Gasteiger partial charge in [0.2, 0.25) is 0 Å². The minimum absolute atomic E-state index is 0.205. The molecule has 28 heavy (non-hydrogen) atoms. The SMILES string of the molecule is Cc1sc2cc3c(c(C)c2c1C)C(C)CC(Nc1ccc(C(C)(C)C)cc1)C3. The van der Waals surface area contributed by atoms with E-state index in [0.717, 1.165) is 6.42 Å². The highest BCUT2D eigenvalue weighted by atomic mass is 32.1. The Labute approximate surface area is 174 Å².